The van der Waals surface area contributed by atoms with Gasteiger partial charge in [0.05, 0.1) is 0 Å². The van der Waals surface area contributed by atoms with Crippen LogP contribution in [0.2, 0.25) is 0 Å². The Hall–Kier alpha value is -2.03. The number of aliphatic hydroxyl groups excluding tert-OH is 1. The summed E-state index contributed by atoms with van der Waals surface area (Å²) in [5.74, 6) is -1.99. The standard InChI is InChI=1S/C33H56O3/c1-2-3-4-5-6-7-8-9-10-11-12-13-14-15-16-17-18-19-20-21-22-23-24-25-26-27-28-29-30-31-32(34)33(35)36/h23-31,34H,2-22H2,1H3,(H,35,36). The first-order valence-electron chi connectivity index (χ1n) is 15.0. The van der Waals surface area contributed by atoms with E-state index in [-0.39, 0.29) is 0 Å². The zero-order valence-corrected chi connectivity index (χ0v) is 23.3. The molecular formula is C33H56O3. The molecule has 3 nitrogen and oxygen atoms in total. The minimum atomic E-state index is -1.33. The number of aliphatic hydroxyl groups is 1. The van der Waals surface area contributed by atoms with Crippen molar-refractivity contribution in [3.05, 3.63) is 60.4 Å². The highest BCUT2D eigenvalue weighted by Crippen LogP contribution is 2.15. The number of carboxylic acid groups (broad SMARTS) is 1. The Labute approximate surface area is 223 Å². The number of unbranched alkanes of at least 4 members (excludes halogenated alkanes) is 20. The van der Waals surface area contributed by atoms with Gasteiger partial charge in [0.15, 0.2) is 0 Å². The molecule has 0 saturated carbocycles. The van der Waals surface area contributed by atoms with Crippen LogP contribution in [0.15, 0.2) is 60.4 Å². The number of allylic oxidation sites excluding steroid dienone is 9. The van der Waals surface area contributed by atoms with Crippen molar-refractivity contribution in [2.75, 3.05) is 0 Å². The van der Waals surface area contributed by atoms with E-state index in [0.29, 0.717) is 0 Å². The molecule has 0 radical (unpaired) electrons. The zero-order valence-electron chi connectivity index (χ0n) is 23.3. The number of rotatable bonds is 26. The van der Waals surface area contributed by atoms with E-state index >= 15 is 0 Å². The maximum absolute atomic E-state index is 10.4. The van der Waals surface area contributed by atoms with Crippen molar-refractivity contribution in [3.8, 4) is 0 Å². The lowest BCUT2D eigenvalue weighted by Gasteiger charge is -2.04. The molecule has 0 bridgehead atoms. The molecule has 0 amide bonds. The van der Waals surface area contributed by atoms with Gasteiger partial charge >= 0.3 is 5.97 Å². The predicted molar refractivity (Wildman–Crippen MR) is 158 cm³/mol. The maximum Gasteiger partial charge on any atom is 0.370 e. The van der Waals surface area contributed by atoms with Gasteiger partial charge in [0.1, 0.15) is 0 Å². The van der Waals surface area contributed by atoms with Crippen molar-refractivity contribution in [2.24, 2.45) is 0 Å². The SMILES string of the molecule is CCCCCCCCCCCCCCCCCCCCCCC=CC=CC=CC=CC=C(O)C(=O)O. The van der Waals surface area contributed by atoms with E-state index in [1.807, 2.05) is 18.2 Å². The summed E-state index contributed by atoms with van der Waals surface area (Å²) in [4.78, 5) is 10.4. The quantitative estimate of drug-likeness (QED) is 0.0537. The second-order valence-electron chi connectivity index (χ2n) is 9.95. The molecule has 0 aliphatic carbocycles. The third kappa shape index (κ3) is 28.2. The van der Waals surface area contributed by atoms with Gasteiger partial charge in [-0.1, -0.05) is 178 Å². The fourth-order valence-corrected chi connectivity index (χ4v) is 4.23. The van der Waals surface area contributed by atoms with Crippen LogP contribution in [0.5, 0.6) is 0 Å². The Morgan fingerprint density at radius 2 is 0.806 bits per heavy atom. The molecule has 0 saturated heterocycles. The van der Waals surface area contributed by atoms with Gasteiger partial charge in [-0.15, -0.1) is 0 Å². The first kappa shape index (κ1) is 34.0. The van der Waals surface area contributed by atoms with Crippen molar-refractivity contribution in [1.29, 1.82) is 0 Å². The molecule has 0 unspecified atom stereocenters. The summed E-state index contributed by atoms with van der Waals surface area (Å²) in [7, 11) is 0. The summed E-state index contributed by atoms with van der Waals surface area (Å²) < 4.78 is 0. The summed E-state index contributed by atoms with van der Waals surface area (Å²) in [6.45, 7) is 2.29. The predicted octanol–water partition coefficient (Wildman–Crippen LogP) is 10.9. The number of carbonyl (C=O) groups is 1. The molecular weight excluding hydrogens is 444 g/mol. The van der Waals surface area contributed by atoms with Crippen LogP contribution in [-0.2, 0) is 4.79 Å². The highest BCUT2D eigenvalue weighted by Gasteiger charge is 1.99. The highest BCUT2D eigenvalue weighted by molar-refractivity contribution is 5.83. The van der Waals surface area contributed by atoms with Crippen LogP contribution in [0.3, 0.4) is 0 Å². The molecule has 2 N–H and O–H groups in total. The van der Waals surface area contributed by atoms with Crippen molar-refractivity contribution in [1.82, 2.24) is 0 Å². The fourth-order valence-electron chi connectivity index (χ4n) is 4.23. The maximum atomic E-state index is 10.4. The molecule has 0 spiro atoms. The van der Waals surface area contributed by atoms with Crippen LogP contribution in [0, 0.1) is 0 Å². The van der Waals surface area contributed by atoms with Crippen molar-refractivity contribution in [3.63, 3.8) is 0 Å². The van der Waals surface area contributed by atoms with Crippen LogP contribution >= 0.6 is 0 Å². The van der Waals surface area contributed by atoms with Gasteiger partial charge in [0.2, 0.25) is 5.76 Å². The van der Waals surface area contributed by atoms with E-state index in [2.05, 4.69) is 19.1 Å². The number of hydrogen-bond donors (Lipinski definition) is 2. The van der Waals surface area contributed by atoms with E-state index < -0.39 is 11.7 Å². The van der Waals surface area contributed by atoms with Crippen LogP contribution in [-0.4, -0.2) is 16.2 Å². The molecule has 0 aromatic carbocycles. The van der Waals surface area contributed by atoms with Crippen molar-refractivity contribution < 1.29 is 15.0 Å². The van der Waals surface area contributed by atoms with Gasteiger partial charge in [0, 0.05) is 0 Å². The summed E-state index contributed by atoms with van der Waals surface area (Å²) in [6.07, 6.45) is 45.6. The molecule has 206 valence electrons. The summed E-state index contributed by atoms with van der Waals surface area (Å²) in [6, 6.07) is 0. The first-order valence-corrected chi connectivity index (χ1v) is 15.0. The van der Waals surface area contributed by atoms with E-state index in [1.165, 1.54) is 134 Å². The normalized spacial score (nSPS) is 12.8. The smallest absolute Gasteiger partial charge is 0.370 e. The lowest BCUT2D eigenvalue weighted by molar-refractivity contribution is -0.135. The third-order valence-corrected chi connectivity index (χ3v) is 6.50. The van der Waals surface area contributed by atoms with Crippen LogP contribution in [0.4, 0.5) is 0 Å². The second-order valence-corrected chi connectivity index (χ2v) is 9.95. The molecule has 0 rings (SSSR count). The van der Waals surface area contributed by atoms with Gasteiger partial charge < -0.3 is 10.2 Å². The largest absolute Gasteiger partial charge is 0.502 e. The molecule has 0 aliphatic heterocycles. The number of hydrogen-bond acceptors (Lipinski definition) is 2. The van der Waals surface area contributed by atoms with Crippen molar-refractivity contribution >= 4 is 5.97 Å². The zero-order chi connectivity index (χ0) is 26.4. The Kier molecular flexibility index (Phi) is 27.6. The molecule has 0 heterocycles. The number of carboxylic acids is 1. The van der Waals surface area contributed by atoms with Gasteiger partial charge in [0.25, 0.3) is 0 Å². The molecule has 0 aliphatic rings. The van der Waals surface area contributed by atoms with E-state index in [1.54, 1.807) is 12.2 Å². The molecule has 0 fully saturated rings. The molecule has 0 aromatic rings. The molecule has 0 aromatic heterocycles. The van der Waals surface area contributed by atoms with Crippen LogP contribution in [0.1, 0.15) is 142 Å². The Morgan fingerprint density at radius 3 is 1.19 bits per heavy atom. The van der Waals surface area contributed by atoms with Crippen molar-refractivity contribution in [2.45, 2.75) is 142 Å². The fraction of sp³-hybridized carbons (Fsp3) is 0.667. The lowest BCUT2D eigenvalue weighted by atomic mass is 10.0. The summed E-state index contributed by atoms with van der Waals surface area (Å²) in [5.41, 5.74) is 0. The molecule has 3 heteroatoms. The Bertz CT molecular complexity index is 625. The van der Waals surface area contributed by atoms with Crippen LogP contribution < -0.4 is 0 Å². The van der Waals surface area contributed by atoms with Gasteiger partial charge in [-0.25, -0.2) is 4.79 Å². The highest BCUT2D eigenvalue weighted by atomic mass is 16.4. The Balaban J connectivity index is 3.30. The second kappa shape index (κ2) is 29.2. The average molecular weight is 501 g/mol. The topological polar surface area (TPSA) is 57.5 Å². The van der Waals surface area contributed by atoms with Gasteiger partial charge in [-0.05, 0) is 18.9 Å². The third-order valence-electron chi connectivity index (χ3n) is 6.50. The average Bonchev–Trinajstić information content (AvgIpc) is 2.87. The van der Waals surface area contributed by atoms with E-state index in [0.717, 1.165) is 12.5 Å². The van der Waals surface area contributed by atoms with Gasteiger partial charge in [-0.3, -0.25) is 0 Å². The molecule has 0 atom stereocenters. The lowest BCUT2D eigenvalue weighted by Crippen LogP contribution is -1.97. The number of aliphatic carboxylic acids is 1. The summed E-state index contributed by atoms with van der Waals surface area (Å²) >= 11 is 0. The van der Waals surface area contributed by atoms with Crippen LogP contribution in [0.25, 0.3) is 0 Å². The summed E-state index contributed by atoms with van der Waals surface area (Å²) in [5, 5.41) is 17.5. The molecule has 36 heavy (non-hydrogen) atoms. The minimum absolute atomic E-state index is 0.664. The monoisotopic (exact) mass is 500 g/mol. The van der Waals surface area contributed by atoms with E-state index in [9.17, 15) is 4.79 Å². The van der Waals surface area contributed by atoms with E-state index in [4.69, 9.17) is 10.2 Å². The van der Waals surface area contributed by atoms with Gasteiger partial charge in [-0.2, -0.15) is 0 Å². The minimum Gasteiger partial charge on any atom is -0.502 e. The Morgan fingerprint density at radius 1 is 0.472 bits per heavy atom. The first-order chi connectivity index (χ1) is 17.7.